The number of ether oxygens (including phenoxy) is 1. The Morgan fingerprint density at radius 2 is 1.92 bits per heavy atom. The number of sulfonamides is 1. The molecule has 1 aliphatic heterocycles. The van der Waals surface area contributed by atoms with Crippen LogP contribution < -0.4 is 10.1 Å². The molecule has 1 heterocycles. The van der Waals surface area contributed by atoms with Crippen LogP contribution in [0.25, 0.3) is 0 Å². The lowest BCUT2D eigenvalue weighted by atomic mass is 9.99. The molecule has 0 bridgehead atoms. The van der Waals surface area contributed by atoms with Crippen molar-refractivity contribution in [3.63, 3.8) is 0 Å². The van der Waals surface area contributed by atoms with E-state index in [9.17, 15) is 18.3 Å². The fourth-order valence-corrected chi connectivity index (χ4v) is 5.88. The van der Waals surface area contributed by atoms with Crippen LogP contribution in [0.5, 0.6) is 5.75 Å². The molecule has 0 saturated heterocycles. The van der Waals surface area contributed by atoms with E-state index in [0.29, 0.717) is 38.8 Å². The molecule has 0 aromatic heterocycles. The molecule has 0 spiro atoms. The second kappa shape index (κ2) is 13.2. The highest BCUT2D eigenvalue weighted by Gasteiger charge is 2.31. The minimum absolute atomic E-state index is 0.100. The van der Waals surface area contributed by atoms with E-state index in [1.54, 1.807) is 18.2 Å². The van der Waals surface area contributed by atoms with Crippen LogP contribution in [0, 0.1) is 5.92 Å². The van der Waals surface area contributed by atoms with Gasteiger partial charge in [0.15, 0.2) is 0 Å². The maximum Gasteiger partial charge on any atom is 0.243 e. The van der Waals surface area contributed by atoms with Gasteiger partial charge in [-0.1, -0.05) is 63.9 Å². The van der Waals surface area contributed by atoms with Crippen molar-refractivity contribution in [2.45, 2.75) is 76.3 Å². The third-order valence-electron chi connectivity index (χ3n) is 6.79. The van der Waals surface area contributed by atoms with Crippen molar-refractivity contribution in [1.82, 2.24) is 9.62 Å². The number of benzene rings is 2. The van der Waals surface area contributed by atoms with Gasteiger partial charge in [0.05, 0.1) is 23.6 Å². The van der Waals surface area contributed by atoms with Gasteiger partial charge in [0.25, 0.3) is 0 Å². The topological polar surface area (TPSA) is 95.9 Å². The van der Waals surface area contributed by atoms with Gasteiger partial charge in [0, 0.05) is 25.9 Å². The molecule has 1 aliphatic rings. The number of carbonyl (C=O) groups excluding carboxylic acids is 1. The summed E-state index contributed by atoms with van der Waals surface area (Å²) in [6.45, 7) is 6.80. The molecule has 198 valence electrons. The molecule has 0 radical (unpaired) electrons. The third kappa shape index (κ3) is 7.54. The number of nitrogens with one attached hydrogen (secondary N) is 1. The Morgan fingerprint density at radius 3 is 2.61 bits per heavy atom. The predicted molar refractivity (Wildman–Crippen MR) is 141 cm³/mol. The summed E-state index contributed by atoms with van der Waals surface area (Å²) in [5.74, 6) is 0.816. The van der Waals surface area contributed by atoms with Gasteiger partial charge in [-0.3, -0.25) is 4.79 Å². The van der Waals surface area contributed by atoms with Gasteiger partial charge in [-0.15, -0.1) is 0 Å². The summed E-state index contributed by atoms with van der Waals surface area (Å²) in [5, 5.41) is 14.3. The Balaban J connectivity index is 1.82. The number of fused-ring (bicyclic) bond motifs is 1. The van der Waals surface area contributed by atoms with Crippen molar-refractivity contribution in [3.05, 3.63) is 59.7 Å². The Hall–Kier alpha value is -2.42. The fraction of sp³-hybridized carbons (Fsp3) is 0.536. The first-order valence-electron chi connectivity index (χ1n) is 13.0. The zero-order chi connectivity index (χ0) is 26.1. The second-order valence-electron chi connectivity index (χ2n) is 9.73. The monoisotopic (exact) mass is 516 g/mol. The third-order valence-corrected chi connectivity index (χ3v) is 8.65. The molecule has 36 heavy (non-hydrogen) atoms. The molecular formula is C28H40N2O5S. The normalized spacial score (nSPS) is 15.7. The van der Waals surface area contributed by atoms with Crippen molar-refractivity contribution in [2.24, 2.45) is 5.92 Å². The van der Waals surface area contributed by atoms with E-state index in [-0.39, 0.29) is 23.3 Å². The van der Waals surface area contributed by atoms with Gasteiger partial charge in [-0.05, 0) is 48.1 Å². The molecule has 3 rings (SSSR count). The van der Waals surface area contributed by atoms with Crippen LogP contribution in [0.3, 0.4) is 0 Å². The molecule has 0 fully saturated rings. The van der Waals surface area contributed by atoms with Crippen molar-refractivity contribution in [3.8, 4) is 5.75 Å². The van der Waals surface area contributed by atoms with Crippen LogP contribution in [0.4, 0.5) is 0 Å². The van der Waals surface area contributed by atoms with Gasteiger partial charge < -0.3 is 15.2 Å². The quantitative estimate of drug-likeness (QED) is 0.397. The molecule has 2 aromatic carbocycles. The molecule has 8 heteroatoms. The number of unbranched alkanes of at least 4 members (excludes halogenated alkanes) is 1. The van der Waals surface area contributed by atoms with Gasteiger partial charge >= 0.3 is 0 Å². The largest absolute Gasteiger partial charge is 0.493 e. The zero-order valence-corrected chi connectivity index (χ0v) is 22.5. The summed E-state index contributed by atoms with van der Waals surface area (Å²) < 4.78 is 34.2. The maximum absolute atomic E-state index is 13.6. The van der Waals surface area contributed by atoms with Crippen LogP contribution in [-0.2, 0) is 27.7 Å². The summed E-state index contributed by atoms with van der Waals surface area (Å²) in [6.07, 6.45) is 2.75. The second-order valence-corrected chi connectivity index (χ2v) is 11.7. The summed E-state index contributed by atoms with van der Waals surface area (Å²) in [6, 6.07) is 14.0. The van der Waals surface area contributed by atoms with E-state index in [2.05, 4.69) is 5.32 Å². The molecule has 0 aliphatic carbocycles. The SMILES string of the molecule is CCCCN(C[C@@H](O)[C@H](Cc1ccccc1)NC(=O)C[C@@H](C)CC)S(=O)(=O)c1ccc2c(c1)CCO2. The Morgan fingerprint density at radius 1 is 1.17 bits per heavy atom. The number of hydrogen-bond donors (Lipinski definition) is 2. The van der Waals surface area contributed by atoms with Crippen molar-refractivity contribution >= 4 is 15.9 Å². The van der Waals surface area contributed by atoms with Crippen LogP contribution in [0.2, 0.25) is 0 Å². The molecule has 3 atom stereocenters. The first-order valence-corrected chi connectivity index (χ1v) is 14.5. The molecule has 0 saturated carbocycles. The highest BCUT2D eigenvalue weighted by molar-refractivity contribution is 7.89. The smallest absolute Gasteiger partial charge is 0.243 e. The number of aliphatic hydroxyl groups is 1. The van der Waals surface area contributed by atoms with Crippen molar-refractivity contribution in [2.75, 3.05) is 19.7 Å². The van der Waals surface area contributed by atoms with E-state index in [1.807, 2.05) is 51.1 Å². The van der Waals surface area contributed by atoms with Gasteiger partial charge in [0.2, 0.25) is 15.9 Å². The molecule has 1 amide bonds. The lowest BCUT2D eigenvalue weighted by Crippen LogP contribution is -2.50. The minimum atomic E-state index is -3.84. The molecular weight excluding hydrogens is 476 g/mol. The number of hydrogen-bond acceptors (Lipinski definition) is 5. The van der Waals surface area contributed by atoms with E-state index in [4.69, 9.17) is 4.74 Å². The lowest BCUT2D eigenvalue weighted by Gasteiger charge is -2.30. The molecule has 2 N–H and O–H groups in total. The number of nitrogens with zero attached hydrogens (tertiary/aromatic N) is 1. The zero-order valence-electron chi connectivity index (χ0n) is 21.7. The van der Waals surface area contributed by atoms with Gasteiger partial charge in [-0.2, -0.15) is 4.31 Å². The van der Waals surface area contributed by atoms with Gasteiger partial charge in [0.1, 0.15) is 5.75 Å². The van der Waals surface area contributed by atoms with Crippen LogP contribution in [-0.4, -0.2) is 55.6 Å². The van der Waals surface area contributed by atoms with E-state index in [0.717, 1.165) is 29.7 Å². The number of carbonyl (C=O) groups is 1. The Kier molecular flexibility index (Phi) is 10.3. The number of aliphatic hydroxyl groups excluding tert-OH is 1. The highest BCUT2D eigenvalue weighted by atomic mass is 32.2. The Bertz CT molecular complexity index is 1090. The minimum Gasteiger partial charge on any atom is -0.493 e. The lowest BCUT2D eigenvalue weighted by molar-refractivity contribution is -0.123. The van der Waals surface area contributed by atoms with Crippen LogP contribution in [0.1, 0.15) is 57.6 Å². The first kappa shape index (κ1) is 28.2. The standard InChI is InChI=1S/C28H40N2O5S/c1-4-6-15-30(36(33,34)24-12-13-27-23(19-24)14-16-35-27)20-26(31)25(18-22-10-8-7-9-11-22)29-28(32)17-21(3)5-2/h7-13,19,21,25-26,31H,4-6,14-18,20H2,1-3H3,(H,29,32)/t21-,25-,26+/m0/s1. The van der Waals surface area contributed by atoms with Crippen LogP contribution >= 0.6 is 0 Å². The molecule has 7 nitrogen and oxygen atoms in total. The summed E-state index contributed by atoms with van der Waals surface area (Å²) in [4.78, 5) is 12.9. The maximum atomic E-state index is 13.6. The Labute approximate surface area is 215 Å². The summed E-state index contributed by atoms with van der Waals surface area (Å²) in [5.41, 5.74) is 1.85. The van der Waals surface area contributed by atoms with Gasteiger partial charge in [-0.25, -0.2) is 8.42 Å². The van der Waals surface area contributed by atoms with Crippen molar-refractivity contribution in [1.29, 1.82) is 0 Å². The molecule has 0 unspecified atom stereocenters. The first-order chi connectivity index (χ1) is 17.2. The van der Waals surface area contributed by atoms with E-state index >= 15 is 0 Å². The summed E-state index contributed by atoms with van der Waals surface area (Å²) in [7, 11) is -3.84. The van der Waals surface area contributed by atoms with Crippen molar-refractivity contribution < 1.29 is 23.1 Å². The number of rotatable bonds is 14. The molecule has 2 aromatic rings. The van der Waals surface area contributed by atoms with E-state index < -0.39 is 22.2 Å². The average molecular weight is 517 g/mol. The fourth-order valence-electron chi connectivity index (χ4n) is 4.33. The predicted octanol–water partition coefficient (Wildman–Crippen LogP) is 3.94. The summed E-state index contributed by atoms with van der Waals surface area (Å²) >= 11 is 0. The van der Waals surface area contributed by atoms with Crippen LogP contribution in [0.15, 0.2) is 53.4 Å². The average Bonchev–Trinajstić information content (AvgIpc) is 3.34. The van der Waals surface area contributed by atoms with E-state index in [1.165, 1.54) is 4.31 Å². The number of amides is 1. The highest BCUT2D eigenvalue weighted by Crippen LogP contribution is 2.29.